The molecule has 1 fully saturated rings. The van der Waals surface area contributed by atoms with Gasteiger partial charge in [-0.1, -0.05) is 12.8 Å². The van der Waals surface area contributed by atoms with Crippen LogP contribution in [0.2, 0.25) is 0 Å². The van der Waals surface area contributed by atoms with Gasteiger partial charge in [0.25, 0.3) is 0 Å². The van der Waals surface area contributed by atoms with Crippen molar-refractivity contribution in [1.82, 2.24) is 9.78 Å². The lowest BCUT2D eigenvalue weighted by atomic mass is 10.2. The van der Waals surface area contributed by atoms with Crippen LogP contribution >= 0.6 is 0 Å². The summed E-state index contributed by atoms with van der Waals surface area (Å²) in [5, 5.41) is 14.5. The van der Waals surface area contributed by atoms with Gasteiger partial charge in [-0.05, 0) is 17.8 Å². The predicted octanol–water partition coefficient (Wildman–Crippen LogP) is 1.69. The highest BCUT2D eigenvalue weighted by Gasteiger charge is 2.30. The van der Waals surface area contributed by atoms with E-state index in [1.165, 1.54) is 17.9 Å². The van der Waals surface area contributed by atoms with E-state index in [-0.39, 0.29) is 17.6 Å². The second-order valence-corrected chi connectivity index (χ2v) is 4.02. The molecule has 0 aliphatic heterocycles. The molecule has 0 unspecified atom stereocenters. The van der Waals surface area contributed by atoms with Gasteiger partial charge in [-0.15, -0.1) is 0 Å². The maximum Gasteiger partial charge on any atom is 0.390 e. The Hall–Kier alpha value is -1.92. The van der Waals surface area contributed by atoms with Gasteiger partial charge in [-0.3, -0.25) is 0 Å². The molecule has 0 atom stereocenters. The van der Waals surface area contributed by atoms with E-state index in [1.807, 2.05) is 0 Å². The van der Waals surface area contributed by atoms with Gasteiger partial charge in [0.05, 0.1) is 24.3 Å². The molecule has 0 saturated heterocycles. The molecule has 1 aliphatic rings. The van der Waals surface area contributed by atoms with E-state index >= 15 is 0 Å². The van der Waals surface area contributed by atoms with Crippen LogP contribution in [0.1, 0.15) is 42.2 Å². The van der Waals surface area contributed by atoms with E-state index in [4.69, 9.17) is 0 Å². The van der Waals surface area contributed by atoms with Crippen molar-refractivity contribution in [2.45, 2.75) is 31.7 Å². The number of nitrogens with zero attached hydrogens (tertiary/aromatic N) is 3. The van der Waals surface area contributed by atoms with Gasteiger partial charge in [0, 0.05) is 0 Å². The zero-order chi connectivity index (χ0) is 12.4. The summed E-state index contributed by atoms with van der Waals surface area (Å²) in [6.45, 7) is 0. The van der Waals surface area contributed by atoms with E-state index < -0.39 is 10.9 Å². The number of rotatable bonds is 3. The van der Waals surface area contributed by atoms with Gasteiger partial charge in [0.2, 0.25) is 0 Å². The summed E-state index contributed by atoms with van der Waals surface area (Å²) in [6.07, 6.45) is 3.89. The summed E-state index contributed by atoms with van der Waals surface area (Å²) in [6, 6.07) is 1.24. The zero-order valence-corrected chi connectivity index (χ0v) is 9.46. The van der Waals surface area contributed by atoms with Crippen LogP contribution in [0.3, 0.4) is 0 Å². The fourth-order valence-corrected chi connectivity index (χ4v) is 2.15. The molecule has 2 rings (SSSR count). The first-order valence-electron chi connectivity index (χ1n) is 5.45. The molecule has 7 nitrogen and oxygen atoms in total. The molecular weight excluding hydrogens is 226 g/mol. The first-order chi connectivity index (χ1) is 8.13. The topological polar surface area (TPSA) is 87.3 Å². The summed E-state index contributed by atoms with van der Waals surface area (Å²) < 4.78 is 6.05. The molecule has 1 aromatic rings. The fraction of sp³-hybridized carbons (Fsp3) is 0.600. The molecule has 0 radical (unpaired) electrons. The Morgan fingerprint density at radius 1 is 1.59 bits per heavy atom. The Labute approximate surface area is 97.5 Å². The van der Waals surface area contributed by atoms with Gasteiger partial charge in [0.1, 0.15) is 0 Å². The Kier molecular flexibility index (Phi) is 3.08. The molecular formula is C10H13N3O4. The van der Waals surface area contributed by atoms with Crippen molar-refractivity contribution in [1.29, 1.82) is 0 Å². The highest BCUT2D eigenvalue weighted by atomic mass is 16.6. The summed E-state index contributed by atoms with van der Waals surface area (Å²) in [4.78, 5) is 21.6. The lowest BCUT2D eigenvalue weighted by molar-refractivity contribution is -0.389. The van der Waals surface area contributed by atoms with Crippen LogP contribution in [-0.4, -0.2) is 27.8 Å². The van der Waals surface area contributed by atoms with Crippen molar-refractivity contribution >= 4 is 11.8 Å². The van der Waals surface area contributed by atoms with Crippen LogP contribution in [0.25, 0.3) is 0 Å². The minimum absolute atomic E-state index is 0.0674. The summed E-state index contributed by atoms with van der Waals surface area (Å²) in [5.41, 5.74) is 0.158. The standard InChI is InChI=1S/C10H13N3O4/c1-17-10(14)8-6-9(13(15)16)11-12(8)7-4-2-3-5-7/h6-7H,2-5H2,1H3. The summed E-state index contributed by atoms with van der Waals surface area (Å²) in [5.74, 6) is -0.894. The highest BCUT2D eigenvalue weighted by molar-refractivity contribution is 5.88. The molecule has 7 heteroatoms. The fourth-order valence-electron chi connectivity index (χ4n) is 2.15. The smallest absolute Gasteiger partial charge is 0.390 e. The second kappa shape index (κ2) is 4.52. The van der Waals surface area contributed by atoms with Crippen molar-refractivity contribution in [2.24, 2.45) is 0 Å². The van der Waals surface area contributed by atoms with Gasteiger partial charge in [0.15, 0.2) is 5.69 Å². The largest absolute Gasteiger partial charge is 0.464 e. The van der Waals surface area contributed by atoms with Gasteiger partial charge in [-0.25, -0.2) is 4.79 Å². The van der Waals surface area contributed by atoms with Gasteiger partial charge >= 0.3 is 11.8 Å². The molecule has 92 valence electrons. The third-order valence-electron chi connectivity index (χ3n) is 2.97. The maximum absolute atomic E-state index is 11.5. The Bertz CT molecular complexity index is 448. The number of carbonyl (C=O) groups is 1. The van der Waals surface area contributed by atoms with Crippen molar-refractivity contribution in [3.05, 3.63) is 21.9 Å². The summed E-state index contributed by atoms with van der Waals surface area (Å²) >= 11 is 0. The van der Waals surface area contributed by atoms with Gasteiger partial charge < -0.3 is 14.9 Å². The van der Waals surface area contributed by atoms with Crippen molar-refractivity contribution in [3.63, 3.8) is 0 Å². The first kappa shape index (κ1) is 11.6. The SMILES string of the molecule is COC(=O)c1cc([N+](=O)[O-])nn1C1CCCC1. The summed E-state index contributed by atoms with van der Waals surface area (Å²) in [7, 11) is 1.25. The average molecular weight is 239 g/mol. The van der Waals surface area contributed by atoms with E-state index in [0.717, 1.165) is 25.7 Å². The quantitative estimate of drug-likeness (QED) is 0.455. The number of nitro groups is 1. The average Bonchev–Trinajstić information content (AvgIpc) is 2.95. The molecule has 0 amide bonds. The first-order valence-corrected chi connectivity index (χ1v) is 5.45. The lowest BCUT2D eigenvalue weighted by Crippen LogP contribution is -2.15. The van der Waals surface area contributed by atoms with Crippen molar-refractivity contribution < 1.29 is 14.5 Å². The molecule has 0 N–H and O–H groups in total. The van der Waals surface area contributed by atoms with Crippen molar-refractivity contribution in [2.75, 3.05) is 7.11 Å². The minimum atomic E-state index is -0.599. The molecule has 0 bridgehead atoms. The highest BCUT2D eigenvalue weighted by Crippen LogP contribution is 2.31. The number of methoxy groups -OCH3 is 1. The molecule has 1 heterocycles. The number of hydrogen-bond donors (Lipinski definition) is 0. The number of carbonyl (C=O) groups excluding carboxylic acids is 1. The van der Waals surface area contributed by atoms with Crippen molar-refractivity contribution in [3.8, 4) is 0 Å². The van der Waals surface area contributed by atoms with Crippen LogP contribution < -0.4 is 0 Å². The van der Waals surface area contributed by atoms with E-state index in [9.17, 15) is 14.9 Å². The number of aromatic nitrogens is 2. The Balaban J connectivity index is 2.39. The van der Waals surface area contributed by atoms with Gasteiger partial charge in [-0.2, -0.15) is 4.68 Å². The molecule has 1 aromatic heterocycles. The van der Waals surface area contributed by atoms with Crippen LogP contribution in [0.15, 0.2) is 6.07 Å². The number of ether oxygens (including phenoxy) is 1. The molecule has 1 saturated carbocycles. The third kappa shape index (κ3) is 2.13. The maximum atomic E-state index is 11.5. The predicted molar refractivity (Wildman–Crippen MR) is 57.7 cm³/mol. The zero-order valence-electron chi connectivity index (χ0n) is 9.46. The second-order valence-electron chi connectivity index (χ2n) is 4.02. The van der Waals surface area contributed by atoms with E-state index in [2.05, 4.69) is 9.84 Å². The Morgan fingerprint density at radius 3 is 2.76 bits per heavy atom. The van der Waals surface area contributed by atoms with E-state index in [0.29, 0.717) is 0 Å². The molecule has 0 aromatic carbocycles. The Morgan fingerprint density at radius 2 is 2.24 bits per heavy atom. The van der Waals surface area contributed by atoms with Crippen LogP contribution in [0.5, 0.6) is 0 Å². The van der Waals surface area contributed by atoms with Crippen LogP contribution in [0, 0.1) is 10.1 Å². The van der Waals surface area contributed by atoms with Crippen LogP contribution in [-0.2, 0) is 4.74 Å². The molecule has 1 aliphatic carbocycles. The molecule has 0 spiro atoms. The number of hydrogen-bond acceptors (Lipinski definition) is 5. The third-order valence-corrected chi connectivity index (χ3v) is 2.97. The van der Waals surface area contributed by atoms with E-state index in [1.54, 1.807) is 0 Å². The normalized spacial score (nSPS) is 16.1. The van der Waals surface area contributed by atoms with Crippen LogP contribution in [0.4, 0.5) is 5.82 Å². The molecule has 17 heavy (non-hydrogen) atoms. The number of esters is 1. The monoisotopic (exact) mass is 239 g/mol. The minimum Gasteiger partial charge on any atom is -0.464 e. The lowest BCUT2D eigenvalue weighted by Gasteiger charge is -2.07.